The van der Waals surface area contributed by atoms with Crippen LogP contribution in [0, 0.1) is 0 Å². The van der Waals surface area contributed by atoms with Gasteiger partial charge < -0.3 is 24.1 Å². The van der Waals surface area contributed by atoms with Gasteiger partial charge in [-0.3, -0.25) is 9.59 Å². The van der Waals surface area contributed by atoms with Gasteiger partial charge in [0.25, 0.3) is 5.91 Å². The Balaban J connectivity index is 1.24. The molecule has 1 amide bonds. The summed E-state index contributed by atoms with van der Waals surface area (Å²) in [5, 5.41) is 1.10. The summed E-state index contributed by atoms with van der Waals surface area (Å²) >= 11 is 0. The number of carbonyl (C=O) groups excluding carboxylic acids is 2. The Hall–Kier alpha value is -3.48. The molecule has 2 heterocycles. The third-order valence-electron chi connectivity index (χ3n) is 5.08. The molecule has 0 saturated carbocycles. The zero-order chi connectivity index (χ0) is 20.9. The molecule has 1 aliphatic heterocycles. The Bertz CT molecular complexity index is 1060. The number of amides is 1. The Morgan fingerprint density at radius 1 is 1.10 bits per heavy atom. The fraction of sp³-hybridized carbons (Fsp3) is 0.304. The number of carbonyl (C=O) groups is 2. The minimum absolute atomic E-state index is 0.223. The van der Waals surface area contributed by atoms with Crippen LogP contribution in [0.2, 0.25) is 0 Å². The minimum Gasteiger partial charge on any atom is -0.486 e. The number of nitrogens with one attached hydrogen (secondary N) is 1. The molecule has 1 aliphatic rings. The molecule has 3 aromatic rings. The summed E-state index contributed by atoms with van der Waals surface area (Å²) in [6, 6.07) is 13.5. The molecule has 2 aromatic carbocycles. The fourth-order valence-corrected chi connectivity index (χ4v) is 3.45. The van der Waals surface area contributed by atoms with E-state index in [9.17, 15) is 9.59 Å². The van der Waals surface area contributed by atoms with Crippen LogP contribution < -0.4 is 9.47 Å². The van der Waals surface area contributed by atoms with Crippen LogP contribution in [0.4, 0.5) is 0 Å². The molecular formula is C23H24N2O5. The van der Waals surface area contributed by atoms with Crippen molar-refractivity contribution >= 4 is 22.8 Å². The summed E-state index contributed by atoms with van der Waals surface area (Å²) in [5.41, 5.74) is 3.02. The van der Waals surface area contributed by atoms with Crippen LogP contribution in [-0.2, 0) is 27.3 Å². The zero-order valence-electron chi connectivity index (χ0n) is 16.8. The van der Waals surface area contributed by atoms with Gasteiger partial charge in [0.05, 0.1) is 0 Å². The second kappa shape index (κ2) is 8.90. The summed E-state index contributed by atoms with van der Waals surface area (Å²) in [6.07, 6.45) is 2.69. The molecular weight excluding hydrogens is 384 g/mol. The topological polar surface area (TPSA) is 80.9 Å². The molecule has 30 heavy (non-hydrogen) atoms. The Morgan fingerprint density at radius 3 is 2.77 bits per heavy atom. The molecule has 0 radical (unpaired) electrons. The first-order chi connectivity index (χ1) is 14.6. The smallest absolute Gasteiger partial charge is 0.306 e. The van der Waals surface area contributed by atoms with Gasteiger partial charge in [0, 0.05) is 37.1 Å². The number of hydrogen-bond donors (Lipinski definition) is 1. The largest absolute Gasteiger partial charge is 0.486 e. The molecule has 0 unspecified atom stereocenters. The molecule has 7 heteroatoms. The summed E-state index contributed by atoms with van der Waals surface area (Å²) in [6.45, 7) is 1.17. The van der Waals surface area contributed by atoms with Crippen molar-refractivity contribution in [3.63, 3.8) is 0 Å². The van der Waals surface area contributed by atoms with Gasteiger partial charge in [-0.1, -0.05) is 24.3 Å². The quantitative estimate of drug-likeness (QED) is 0.608. The predicted molar refractivity (Wildman–Crippen MR) is 111 cm³/mol. The van der Waals surface area contributed by atoms with Crippen molar-refractivity contribution in [1.82, 2.24) is 9.88 Å². The minimum atomic E-state index is -0.388. The predicted octanol–water partition coefficient (Wildman–Crippen LogP) is 3.07. The summed E-state index contributed by atoms with van der Waals surface area (Å²) in [4.78, 5) is 29.1. The Labute approximate surface area is 174 Å². The van der Waals surface area contributed by atoms with Gasteiger partial charge >= 0.3 is 5.97 Å². The molecule has 156 valence electrons. The molecule has 7 nitrogen and oxygen atoms in total. The van der Waals surface area contributed by atoms with Gasteiger partial charge in [0.2, 0.25) is 0 Å². The number of ether oxygens (including phenoxy) is 3. The fourth-order valence-electron chi connectivity index (χ4n) is 3.45. The Kier molecular flexibility index (Phi) is 5.88. The first kappa shape index (κ1) is 19.8. The summed E-state index contributed by atoms with van der Waals surface area (Å²) in [7, 11) is 1.68. The number of nitrogens with zero attached hydrogens (tertiary/aromatic N) is 1. The normalized spacial score (nSPS) is 12.6. The van der Waals surface area contributed by atoms with Gasteiger partial charge in [0.1, 0.15) is 13.2 Å². The van der Waals surface area contributed by atoms with Gasteiger partial charge in [0.15, 0.2) is 18.1 Å². The van der Waals surface area contributed by atoms with E-state index in [1.165, 1.54) is 4.90 Å². The number of aryl methyl sites for hydroxylation is 1. The van der Waals surface area contributed by atoms with Gasteiger partial charge in [-0.25, -0.2) is 0 Å². The summed E-state index contributed by atoms with van der Waals surface area (Å²) < 4.78 is 16.3. The van der Waals surface area contributed by atoms with E-state index in [1.54, 1.807) is 7.05 Å². The van der Waals surface area contributed by atoms with Crippen LogP contribution in [-0.4, -0.2) is 48.6 Å². The number of aromatic nitrogens is 1. The number of para-hydroxylation sites is 1. The average Bonchev–Trinajstić information content (AvgIpc) is 3.19. The highest BCUT2D eigenvalue weighted by atomic mass is 16.6. The number of hydrogen-bond acceptors (Lipinski definition) is 5. The van der Waals surface area contributed by atoms with Crippen LogP contribution in [0.25, 0.3) is 10.9 Å². The highest BCUT2D eigenvalue weighted by Gasteiger charge is 2.16. The first-order valence-corrected chi connectivity index (χ1v) is 9.93. The molecule has 0 saturated heterocycles. The number of fused-ring (bicyclic) bond motifs is 2. The van der Waals surface area contributed by atoms with Gasteiger partial charge in [-0.05, 0) is 35.7 Å². The maximum atomic E-state index is 12.3. The van der Waals surface area contributed by atoms with E-state index >= 15 is 0 Å². The molecule has 0 aliphatic carbocycles. The number of H-pyrrole nitrogens is 1. The second-order valence-electron chi connectivity index (χ2n) is 7.25. The lowest BCUT2D eigenvalue weighted by atomic mass is 10.1. The van der Waals surface area contributed by atoms with Crippen molar-refractivity contribution in [2.24, 2.45) is 0 Å². The maximum Gasteiger partial charge on any atom is 0.306 e. The van der Waals surface area contributed by atoms with Crippen LogP contribution in [0.1, 0.15) is 17.5 Å². The van der Waals surface area contributed by atoms with Crippen LogP contribution in [0.15, 0.2) is 48.7 Å². The van der Waals surface area contributed by atoms with E-state index in [1.807, 2.05) is 48.7 Å². The van der Waals surface area contributed by atoms with Crippen LogP contribution in [0.3, 0.4) is 0 Å². The van der Waals surface area contributed by atoms with Crippen molar-refractivity contribution in [2.45, 2.75) is 19.4 Å². The van der Waals surface area contributed by atoms with E-state index in [0.717, 1.165) is 22.0 Å². The molecule has 4 rings (SSSR count). The Morgan fingerprint density at radius 2 is 1.90 bits per heavy atom. The number of benzene rings is 2. The lowest BCUT2D eigenvalue weighted by Crippen LogP contribution is -2.31. The average molecular weight is 408 g/mol. The number of esters is 1. The van der Waals surface area contributed by atoms with E-state index in [4.69, 9.17) is 14.2 Å². The molecule has 1 aromatic heterocycles. The van der Waals surface area contributed by atoms with Gasteiger partial charge in [-0.2, -0.15) is 0 Å². The highest BCUT2D eigenvalue weighted by molar-refractivity contribution is 5.84. The highest BCUT2D eigenvalue weighted by Crippen LogP contribution is 2.31. The standard InChI is InChI=1S/C23H24N2O5/c1-25(14-16-6-8-20-21(12-16)29-11-10-28-20)22(26)15-30-23(27)9-7-17-13-24-19-5-3-2-4-18(17)19/h2-6,8,12-13,24H,7,9-11,14-15H2,1H3. The SMILES string of the molecule is CN(Cc1ccc2c(c1)OCCO2)C(=O)COC(=O)CCc1c[nH]c2ccccc12. The molecule has 0 atom stereocenters. The second-order valence-corrected chi connectivity index (χ2v) is 7.25. The molecule has 0 spiro atoms. The van der Waals surface area contributed by atoms with E-state index < -0.39 is 0 Å². The van der Waals surface area contributed by atoms with E-state index in [-0.39, 0.29) is 24.9 Å². The maximum absolute atomic E-state index is 12.3. The van der Waals surface area contributed by atoms with Crippen molar-refractivity contribution in [3.8, 4) is 11.5 Å². The van der Waals surface area contributed by atoms with Crippen molar-refractivity contribution in [2.75, 3.05) is 26.9 Å². The summed E-state index contributed by atoms with van der Waals surface area (Å²) in [5.74, 6) is 0.748. The van der Waals surface area contributed by atoms with E-state index in [2.05, 4.69) is 4.98 Å². The zero-order valence-corrected chi connectivity index (χ0v) is 16.8. The van der Waals surface area contributed by atoms with Crippen molar-refractivity contribution in [1.29, 1.82) is 0 Å². The van der Waals surface area contributed by atoms with E-state index in [0.29, 0.717) is 37.7 Å². The molecule has 0 bridgehead atoms. The van der Waals surface area contributed by atoms with Crippen LogP contribution in [0.5, 0.6) is 11.5 Å². The van der Waals surface area contributed by atoms with Crippen molar-refractivity contribution < 1.29 is 23.8 Å². The molecule has 1 N–H and O–H groups in total. The third-order valence-corrected chi connectivity index (χ3v) is 5.08. The number of rotatable bonds is 7. The lowest BCUT2D eigenvalue weighted by molar-refractivity contribution is -0.151. The van der Waals surface area contributed by atoms with Crippen molar-refractivity contribution in [3.05, 3.63) is 59.8 Å². The number of likely N-dealkylation sites (N-methyl/N-ethyl adjacent to an activating group) is 1. The monoisotopic (exact) mass is 408 g/mol. The molecule has 0 fully saturated rings. The third kappa shape index (κ3) is 4.56. The van der Waals surface area contributed by atoms with Crippen LogP contribution >= 0.6 is 0 Å². The lowest BCUT2D eigenvalue weighted by Gasteiger charge is -2.21. The number of aromatic amines is 1. The first-order valence-electron chi connectivity index (χ1n) is 9.93. The van der Waals surface area contributed by atoms with Gasteiger partial charge in [-0.15, -0.1) is 0 Å².